The van der Waals surface area contributed by atoms with Crippen molar-refractivity contribution >= 4 is 17.5 Å². The van der Waals surface area contributed by atoms with Crippen molar-refractivity contribution in [2.75, 3.05) is 26.7 Å². The van der Waals surface area contributed by atoms with Crippen LogP contribution in [-0.4, -0.2) is 42.4 Å². The van der Waals surface area contributed by atoms with Gasteiger partial charge in [-0.15, -0.1) is 0 Å². The quantitative estimate of drug-likeness (QED) is 0.849. The Morgan fingerprint density at radius 1 is 1.19 bits per heavy atom. The standard InChI is InChI=1S/C17H25ClN2O/c1-19(13-15-8-7-9-16(18)12-15)14-17(21)20-10-5-3-2-4-6-11-20/h7-9,12H,2-6,10-11,13-14H2,1H3. The average molecular weight is 309 g/mol. The van der Waals surface area contributed by atoms with Crippen molar-refractivity contribution in [2.45, 2.75) is 38.6 Å². The van der Waals surface area contributed by atoms with E-state index in [0.29, 0.717) is 6.54 Å². The van der Waals surface area contributed by atoms with Gasteiger partial charge in [0, 0.05) is 24.7 Å². The highest BCUT2D eigenvalue weighted by atomic mass is 35.5. The van der Waals surface area contributed by atoms with Gasteiger partial charge in [-0.05, 0) is 37.6 Å². The molecule has 4 heteroatoms. The maximum absolute atomic E-state index is 12.4. The van der Waals surface area contributed by atoms with Crippen molar-refractivity contribution in [2.24, 2.45) is 0 Å². The van der Waals surface area contributed by atoms with Crippen LogP contribution in [0.25, 0.3) is 0 Å². The smallest absolute Gasteiger partial charge is 0.236 e. The first-order valence-electron chi connectivity index (χ1n) is 7.86. The van der Waals surface area contributed by atoms with Crippen molar-refractivity contribution < 1.29 is 4.79 Å². The van der Waals surface area contributed by atoms with Crippen LogP contribution in [0.4, 0.5) is 0 Å². The van der Waals surface area contributed by atoms with E-state index in [1.807, 2.05) is 36.2 Å². The molecule has 1 aromatic carbocycles. The van der Waals surface area contributed by atoms with Crippen LogP contribution in [0.3, 0.4) is 0 Å². The lowest BCUT2D eigenvalue weighted by atomic mass is 10.1. The molecule has 3 nitrogen and oxygen atoms in total. The van der Waals surface area contributed by atoms with Crippen LogP contribution in [0, 0.1) is 0 Å². The van der Waals surface area contributed by atoms with E-state index >= 15 is 0 Å². The normalized spacial score (nSPS) is 16.6. The maximum Gasteiger partial charge on any atom is 0.236 e. The first-order valence-corrected chi connectivity index (χ1v) is 8.24. The molecular weight excluding hydrogens is 284 g/mol. The monoisotopic (exact) mass is 308 g/mol. The summed E-state index contributed by atoms with van der Waals surface area (Å²) in [4.78, 5) is 16.5. The third kappa shape index (κ3) is 5.68. The molecule has 1 saturated heterocycles. The molecule has 0 bridgehead atoms. The van der Waals surface area contributed by atoms with Crippen LogP contribution < -0.4 is 0 Å². The first kappa shape index (κ1) is 16.3. The van der Waals surface area contributed by atoms with E-state index in [4.69, 9.17) is 11.6 Å². The van der Waals surface area contributed by atoms with Gasteiger partial charge in [0.2, 0.25) is 5.91 Å². The number of likely N-dealkylation sites (N-methyl/N-ethyl adjacent to an activating group) is 1. The van der Waals surface area contributed by atoms with Gasteiger partial charge in [-0.2, -0.15) is 0 Å². The van der Waals surface area contributed by atoms with Crippen LogP contribution in [0.5, 0.6) is 0 Å². The number of benzene rings is 1. The third-order valence-corrected chi connectivity index (χ3v) is 4.19. The number of hydrogen-bond donors (Lipinski definition) is 0. The van der Waals surface area contributed by atoms with E-state index in [-0.39, 0.29) is 5.91 Å². The molecule has 116 valence electrons. The number of nitrogens with zero attached hydrogens (tertiary/aromatic N) is 2. The summed E-state index contributed by atoms with van der Waals surface area (Å²) in [5, 5.41) is 0.746. The van der Waals surface area contributed by atoms with E-state index in [1.54, 1.807) is 0 Å². The Morgan fingerprint density at radius 2 is 1.86 bits per heavy atom. The summed E-state index contributed by atoms with van der Waals surface area (Å²) in [5.74, 6) is 0.251. The van der Waals surface area contributed by atoms with Crippen molar-refractivity contribution in [3.05, 3.63) is 34.9 Å². The van der Waals surface area contributed by atoms with Gasteiger partial charge >= 0.3 is 0 Å². The van der Waals surface area contributed by atoms with Gasteiger partial charge in [0.25, 0.3) is 0 Å². The molecule has 1 aliphatic heterocycles. The lowest BCUT2D eigenvalue weighted by Crippen LogP contribution is -2.40. The van der Waals surface area contributed by atoms with Crippen molar-refractivity contribution in [1.82, 2.24) is 9.80 Å². The lowest BCUT2D eigenvalue weighted by Gasteiger charge is -2.27. The zero-order valence-electron chi connectivity index (χ0n) is 12.9. The Bertz CT molecular complexity index is 456. The van der Waals surface area contributed by atoms with E-state index in [9.17, 15) is 4.79 Å². The molecule has 1 fully saturated rings. The number of rotatable bonds is 4. The number of hydrogen-bond acceptors (Lipinski definition) is 2. The van der Waals surface area contributed by atoms with Crippen LogP contribution in [0.1, 0.15) is 37.7 Å². The van der Waals surface area contributed by atoms with Gasteiger partial charge < -0.3 is 4.90 Å². The largest absolute Gasteiger partial charge is 0.342 e. The second kappa shape index (κ2) is 8.40. The predicted octanol–water partition coefficient (Wildman–Crippen LogP) is 3.56. The molecule has 0 unspecified atom stereocenters. The van der Waals surface area contributed by atoms with Crippen molar-refractivity contribution in [3.8, 4) is 0 Å². The predicted molar refractivity (Wildman–Crippen MR) is 87.5 cm³/mol. The number of halogens is 1. The Hall–Kier alpha value is -1.06. The molecule has 0 spiro atoms. The molecule has 1 aliphatic rings. The van der Waals surface area contributed by atoms with Gasteiger partial charge in [-0.1, -0.05) is 43.0 Å². The molecule has 0 N–H and O–H groups in total. The van der Waals surface area contributed by atoms with Gasteiger partial charge in [-0.25, -0.2) is 0 Å². The second-order valence-electron chi connectivity index (χ2n) is 5.95. The Kier molecular flexibility index (Phi) is 6.52. The number of likely N-dealkylation sites (tertiary alicyclic amines) is 1. The van der Waals surface area contributed by atoms with E-state index in [1.165, 1.54) is 19.3 Å². The highest BCUT2D eigenvalue weighted by molar-refractivity contribution is 6.30. The zero-order chi connectivity index (χ0) is 15.1. The molecule has 1 aromatic rings. The molecule has 0 aromatic heterocycles. The summed E-state index contributed by atoms with van der Waals surface area (Å²) in [5.41, 5.74) is 1.14. The minimum Gasteiger partial charge on any atom is -0.342 e. The van der Waals surface area contributed by atoms with Gasteiger partial charge in [-0.3, -0.25) is 9.69 Å². The lowest BCUT2D eigenvalue weighted by molar-refractivity contribution is -0.132. The highest BCUT2D eigenvalue weighted by Gasteiger charge is 2.16. The topological polar surface area (TPSA) is 23.6 Å². The van der Waals surface area contributed by atoms with Crippen LogP contribution in [0.15, 0.2) is 24.3 Å². The first-order chi connectivity index (χ1) is 10.1. The summed E-state index contributed by atoms with van der Waals surface area (Å²) in [6.45, 7) is 3.07. The fourth-order valence-electron chi connectivity index (χ4n) is 2.83. The van der Waals surface area contributed by atoms with E-state index in [2.05, 4.69) is 4.90 Å². The Labute approximate surface area is 132 Å². The molecule has 1 heterocycles. The fraction of sp³-hybridized carbons (Fsp3) is 0.588. The van der Waals surface area contributed by atoms with Crippen molar-refractivity contribution in [1.29, 1.82) is 0 Å². The number of amides is 1. The highest BCUT2D eigenvalue weighted by Crippen LogP contribution is 2.13. The number of carbonyl (C=O) groups is 1. The second-order valence-corrected chi connectivity index (χ2v) is 6.39. The molecule has 0 saturated carbocycles. The fourth-order valence-corrected chi connectivity index (χ4v) is 3.04. The molecule has 0 radical (unpaired) electrons. The zero-order valence-corrected chi connectivity index (χ0v) is 13.6. The number of carbonyl (C=O) groups excluding carboxylic acids is 1. The van der Waals surface area contributed by atoms with Crippen LogP contribution >= 0.6 is 11.6 Å². The van der Waals surface area contributed by atoms with Gasteiger partial charge in [0.15, 0.2) is 0 Å². The molecule has 2 rings (SSSR count). The average Bonchev–Trinajstić information content (AvgIpc) is 2.37. The summed E-state index contributed by atoms with van der Waals surface area (Å²) >= 11 is 6.00. The Balaban J connectivity index is 1.83. The molecule has 1 amide bonds. The SMILES string of the molecule is CN(CC(=O)N1CCCCCCC1)Cc1cccc(Cl)c1. The molecular formula is C17H25ClN2O. The Morgan fingerprint density at radius 3 is 2.52 bits per heavy atom. The van der Waals surface area contributed by atoms with Crippen molar-refractivity contribution in [3.63, 3.8) is 0 Å². The van der Waals surface area contributed by atoms with Crippen LogP contribution in [-0.2, 0) is 11.3 Å². The third-order valence-electron chi connectivity index (χ3n) is 3.96. The summed E-state index contributed by atoms with van der Waals surface area (Å²) in [7, 11) is 1.99. The summed E-state index contributed by atoms with van der Waals surface area (Å²) in [6.07, 6.45) is 6.11. The minimum atomic E-state index is 0.251. The minimum absolute atomic E-state index is 0.251. The molecule has 0 aliphatic carbocycles. The molecule has 21 heavy (non-hydrogen) atoms. The van der Waals surface area contributed by atoms with E-state index in [0.717, 1.165) is 43.1 Å². The van der Waals surface area contributed by atoms with Crippen LogP contribution in [0.2, 0.25) is 5.02 Å². The van der Waals surface area contributed by atoms with E-state index < -0.39 is 0 Å². The van der Waals surface area contributed by atoms with Gasteiger partial charge in [0.05, 0.1) is 6.54 Å². The van der Waals surface area contributed by atoms with Gasteiger partial charge in [0.1, 0.15) is 0 Å². The summed E-state index contributed by atoms with van der Waals surface area (Å²) in [6, 6.07) is 7.82. The maximum atomic E-state index is 12.4. The summed E-state index contributed by atoms with van der Waals surface area (Å²) < 4.78 is 0. The molecule has 0 atom stereocenters.